The van der Waals surface area contributed by atoms with Crippen LogP contribution < -0.4 is 21.7 Å². The molecule has 0 spiro atoms. The molecule has 0 aliphatic carbocycles. The van der Waals surface area contributed by atoms with E-state index in [1.54, 1.807) is 12.1 Å². The summed E-state index contributed by atoms with van der Waals surface area (Å²) in [6.45, 7) is -0.458. The molecule has 3 atom stereocenters. The second kappa shape index (κ2) is 14.7. The van der Waals surface area contributed by atoms with Crippen LogP contribution in [0.2, 0.25) is 0 Å². The van der Waals surface area contributed by atoms with E-state index >= 15 is 0 Å². The van der Waals surface area contributed by atoms with Gasteiger partial charge in [-0.2, -0.15) is 11.8 Å². The topological polar surface area (TPSA) is 171 Å². The van der Waals surface area contributed by atoms with Crippen molar-refractivity contribution in [1.29, 1.82) is 0 Å². The second-order valence-electron chi connectivity index (χ2n) is 8.19. The number of amides is 3. The Morgan fingerprint density at radius 1 is 0.889 bits per heavy atom. The van der Waals surface area contributed by atoms with Gasteiger partial charge < -0.3 is 31.9 Å². The fourth-order valence-electron chi connectivity index (χ4n) is 3.35. The molecular weight excluding hydrogens is 484 g/mol. The third-order valence-electron chi connectivity index (χ3n) is 5.31. The Hall–Kier alpha value is -3.57. The average Bonchev–Trinajstić information content (AvgIpc) is 2.86. The van der Waals surface area contributed by atoms with Crippen molar-refractivity contribution in [3.8, 4) is 5.75 Å². The molecule has 11 heteroatoms. The summed E-state index contributed by atoms with van der Waals surface area (Å²) in [5.41, 5.74) is 7.52. The first kappa shape index (κ1) is 28.7. The highest BCUT2D eigenvalue weighted by atomic mass is 32.2. The normalized spacial score (nSPS) is 13.2. The summed E-state index contributed by atoms with van der Waals surface area (Å²) in [4.78, 5) is 49.2. The first-order valence-corrected chi connectivity index (χ1v) is 12.8. The van der Waals surface area contributed by atoms with Crippen LogP contribution in [0, 0.1) is 0 Å². The lowest BCUT2D eigenvalue weighted by Gasteiger charge is -2.21. The van der Waals surface area contributed by atoms with Gasteiger partial charge in [0.15, 0.2) is 0 Å². The van der Waals surface area contributed by atoms with Gasteiger partial charge in [0.2, 0.25) is 17.7 Å². The van der Waals surface area contributed by atoms with Crippen LogP contribution in [0.25, 0.3) is 0 Å². The van der Waals surface area contributed by atoms with Crippen LogP contribution in [-0.2, 0) is 32.0 Å². The molecule has 2 rings (SSSR count). The number of carbonyl (C=O) groups excluding carboxylic acids is 3. The molecule has 2 aromatic carbocycles. The number of nitrogens with two attached hydrogens (primary N) is 1. The average molecular weight is 517 g/mol. The number of hydrogen-bond acceptors (Lipinski definition) is 7. The number of carboxylic acid groups (broad SMARTS) is 1. The number of hydrogen-bond donors (Lipinski definition) is 6. The molecule has 3 amide bonds. The smallest absolute Gasteiger partial charge is 0.326 e. The predicted octanol–water partition coefficient (Wildman–Crippen LogP) is 0.428. The van der Waals surface area contributed by atoms with E-state index in [0.717, 1.165) is 5.56 Å². The van der Waals surface area contributed by atoms with E-state index < -0.39 is 48.4 Å². The zero-order chi connectivity index (χ0) is 26.5. The lowest BCUT2D eigenvalue weighted by molar-refractivity contribution is -0.141. The molecule has 194 valence electrons. The molecule has 0 fully saturated rings. The minimum absolute atomic E-state index is 0.00100. The van der Waals surface area contributed by atoms with E-state index in [1.807, 2.05) is 36.6 Å². The van der Waals surface area contributed by atoms with Crippen molar-refractivity contribution in [3.63, 3.8) is 0 Å². The Morgan fingerprint density at radius 2 is 1.53 bits per heavy atom. The van der Waals surface area contributed by atoms with Gasteiger partial charge in [-0.05, 0) is 48.1 Å². The van der Waals surface area contributed by atoms with E-state index in [9.17, 15) is 29.4 Å². The minimum Gasteiger partial charge on any atom is -0.508 e. The highest BCUT2D eigenvalue weighted by Gasteiger charge is 2.25. The van der Waals surface area contributed by atoms with Gasteiger partial charge in [0.1, 0.15) is 17.8 Å². The van der Waals surface area contributed by atoms with E-state index in [0.29, 0.717) is 24.2 Å². The maximum absolute atomic E-state index is 12.7. The van der Waals surface area contributed by atoms with E-state index in [2.05, 4.69) is 16.0 Å². The number of thioether (sulfide) groups is 1. The number of aliphatic carboxylic acids is 1. The quantitative estimate of drug-likeness (QED) is 0.210. The van der Waals surface area contributed by atoms with Crippen molar-refractivity contribution in [2.45, 2.75) is 37.4 Å². The molecular formula is C25H32N4O6S. The van der Waals surface area contributed by atoms with Gasteiger partial charge in [0.25, 0.3) is 0 Å². The SMILES string of the molecule is CSCCC(NC(=O)C(N)Cc1ccccc1)C(=O)NCC(=O)NC(Cc1ccc(O)cc1)C(=O)O. The van der Waals surface area contributed by atoms with Gasteiger partial charge in [0, 0.05) is 6.42 Å². The monoisotopic (exact) mass is 516 g/mol. The van der Waals surface area contributed by atoms with Gasteiger partial charge in [-0.15, -0.1) is 0 Å². The van der Waals surface area contributed by atoms with Crippen LogP contribution in [0.15, 0.2) is 54.6 Å². The molecule has 36 heavy (non-hydrogen) atoms. The van der Waals surface area contributed by atoms with Crippen molar-refractivity contribution in [2.24, 2.45) is 5.73 Å². The molecule has 0 saturated carbocycles. The van der Waals surface area contributed by atoms with Crippen molar-refractivity contribution in [3.05, 3.63) is 65.7 Å². The Balaban J connectivity index is 1.90. The third-order valence-corrected chi connectivity index (χ3v) is 5.96. The third kappa shape index (κ3) is 9.96. The van der Waals surface area contributed by atoms with Gasteiger partial charge in [-0.1, -0.05) is 42.5 Å². The minimum atomic E-state index is -1.24. The molecule has 7 N–H and O–H groups in total. The molecule has 0 aliphatic heterocycles. The highest BCUT2D eigenvalue weighted by molar-refractivity contribution is 7.98. The zero-order valence-electron chi connectivity index (χ0n) is 20.0. The zero-order valence-corrected chi connectivity index (χ0v) is 20.8. The molecule has 10 nitrogen and oxygen atoms in total. The number of aromatic hydroxyl groups is 1. The maximum Gasteiger partial charge on any atom is 0.326 e. The number of carbonyl (C=O) groups is 4. The Kier molecular flexibility index (Phi) is 11.7. The summed E-state index contributed by atoms with van der Waals surface area (Å²) in [5, 5.41) is 26.3. The standard InChI is InChI=1S/C25H32N4O6S/c1-36-12-11-20(29-23(32)19(26)13-16-5-3-2-4-6-16)24(33)27-15-22(31)28-21(25(34)35)14-17-7-9-18(30)10-8-17/h2-10,19-21,30H,11-15,26H2,1H3,(H,27,33)(H,28,31)(H,29,32)(H,34,35). The number of nitrogens with one attached hydrogen (secondary N) is 3. The molecule has 0 aliphatic rings. The number of phenols is 1. The lowest BCUT2D eigenvalue weighted by atomic mass is 10.1. The van der Waals surface area contributed by atoms with Crippen molar-refractivity contribution < 1.29 is 29.4 Å². The molecule has 3 unspecified atom stereocenters. The Bertz CT molecular complexity index is 1020. The van der Waals surface area contributed by atoms with Crippen LogP contribution in [0.5, 0.6) is 5.75 Å². The van der Waals surface area contributed by atoms with Gasteiger partial charge in [-0.25, -0.2) is 4.79 Å². The van der Waals surface area contributed by atoms with E-state index in [1.165, 1.54) is 23.9 Å². The Morgan fingerprint density at radius 3 is 2.14 bits per heavy atom. The number of carboxylic acids is 1. The van der Waals surface area contributed by atoms with Crippen LogP contribution in [-0.4, -0.2) is 70.6 Å². The summed E-state index contributed by atoms with van der Waals surface area (Å²) >= 11 is 1.50. The summed E-state index contributed by atoms with van der Waals surface area (Å²) in [6, 6.07) is 12.3. The van der Waals surface area contributed by atoms with Crippen LogP contribution >= 0.6 is 11.8 Å². The number of phenolic OH excluding ortho intramolecular Hbond substituents is 1. The summed E-state index contributed by atoms with van der Waals surface area (Å²) < 4.78 is 0. The fourth-order valence-corrected chi connectivity index (χ4v) is 3.82. The molecule has 0 aromatic heterocycles. The first-order chi connectivity index (χ1) is 17.2. The molecule has 0 bridgehead atoms. The fraction of sp³-hybridized carbons (Fsp3) is 0.360. The first-order valence-electron chi connectivity index (χ1n) is 11.4. The summed E-state index contributed by atoms with van der Waals surface area (Å²) in [7, 11) is 0. The van der Waals surface area contributed by atoms with Crippen molar-refractivity contribution in [1.82, 2.24) is 16.0 Å². The summed E-state index contributed by atoms with van der Waals surface area (Å²) in [6.07, 6.45) is 2.51. The van der Waals surface area contributed by atoms with Crippen LogP contribution in [0.1, 0.15) is 17.5 Å². The van der Waals surface area contributed by atoms with Crippen LogP contribution in [0.3, 0.4) is 0 Å². The molecule has 0 saturated heterocycles. The highest BCUT2D eigenvalue weighted by Crippen LogP contribution is 2.11. The lowest BCUT2D eigenvalue weighted by Crippen LogP contribution is -2.54. The molecule has 2 aromatic rings. The van der Waals surface area contributed by atoms with Gasteiger partial charge in [0.05, 0.1) is 12.6 Å². The van der Waals surface area contributed by atoms with Gasteiger partial charge in [-0.3, -0.25) is 14.4 Å². The van der Waals surface area contributed by atoms with Crippen LogP contribution in [0.4, 0.5) is 0 Å². The molecule has 0 heterocycles. The predicted molar refractivity (Wildman–Crippen MR) is 137 cm³/mol. The Labute approximate surface area is 214 Å². The molecule has 0 radical (unpaired) electrons. The number of benzene rings is 2. The maximum atomic E-state index is 12.7. The number of rotatable bonds is 14. The van der Waals surface area contributed by atoms with Crippen molar-refractivity contribution in [2.75, 3.05) is 18.6 Å². The van der Waals surface area contributed by atoms with E-state index in [-0.39, 0.29) is 12.2 Å². The van der Waals surface area contributed by atoms with Gasteiger partial charge >= 0.3 is 5.97 Å². The van der Waals surface area contributed by atoms with E-state index in [4.69, 9.17) is 5.73 Å². The largest absolute Gasteiger partial charge is 0.508 e. The van der Waals surface area contributed by atoms with Crippen molar-refractivity contribution >= 4 is 35.5 Å². The summed E-state index contributed by atoms with van der Waals surface area (Å²) in [5.74, 6) is -2.34. The second-order valence-corrected chi connectivity index (χ2v) is 9.17.